The van der Waals surface area contributed by atoms with Crippen LogP contribution in [-0.2, 0) is 9.53 Å². The fourth-order valence-corrected chi connectivity index (χ4v) is 2.35. The van der Waals surface area contributed by atoms with Gasteiger partial charge in [-0.1, -0.05) is 0 Å². The third-order valence-electron chi connectivity index (χ3n) is 3.32. The predicted molar refractivity (Wildman–Crippen MR) is 61.6 cm³/mol. The number of amides is 3. The molecule has 3 amide bonds. The van der Waals surface area contributed by atoms with Crippen molar-refractivity contribution in [1.82, 2.24) is 15.5 Å². The zero-order chi connectivity index (χ0) is 12.3. The van der Waals surface area contributed by atoms with Gasteiger partial charge in [0.05, 0.1) is 12.6 Å². The molecule has 2 aliphatic rings. The van der Waals surface area contributed by atoms with Crippen molar-refractivity contribution < 1.29 is 14.3 Å². The molecule has 96 valence electrons. The minimum Gasteiger partial charge on any atom is -0.379 e. The molecule has 2 N–H and O–H groups in total. The van der Waals surface area contributed by atoms with Gasteiger partial charge in [-0.05, 0) is 19.3 Å². The topological polar surface area (TPSA) is 70.7 Å². The van der Waals surface area contributed by atoms with E-state index in [9.17, 15) is 9.59 Å². The van der Waals surface area contributed by atoms with Crippen LogP contribution >= 0.6 is 0 Å². The monoisotopic (exact) mass is 241 g/mol. The Morgan fingerprint density at radius 1 is 1.35 bits per heavy atom. The van der Waals surface area contributed by atoms with Crippen molar-refractivity contribution in [1.29, 1.82) is 0 Å². The Morgan fingerprint density at radius 3 is 2.82 bits per heavy atom. The van der Waals surface area contributed by atoms with E-state index in [2.05, 4.69) is 10.6 Å². The first-order chi connectivity index (χ1) is 8.22. The van der Waals surface area contributed by atoms with Crippen molar-refractivity contribution in [2.45, 2.75) is 31.3 Å². The molecule has 6 heteroatoms. The maximum absolute atomic E-state index is 12.0. The van der Waals surface area contributed by atoms with E-state index in [1.807, 2.05) is 0 Å². The number of urea groups is 1. The molecule has 6 nitrogen and oxygen atoms in total. The highest BCUT2D eigenvalue weighted by atomic mass is 16.5. The normalized spacial score (nSPS) is 28.2. The molecule has 0 aromatic carbocycles. The van der Waals surface area contributed by atoms with Gasteiger partial charge in [0.25, 0.3) is 0 Å². The van der Waals surface area contributed by atoms with Crippen LogP contribution in [0.15, 0.2) is 0 Å². The van der Waals surface area contributed by atoms with Gasteiger partial charge in [0, 0.05) is 20.2 Å². The highest BCUT2D eigenvalue weighted by Gasteiger charge is 2.34. The van der Waals surface area contributed by atoms with Crippen molar-refractivity contribution in [2.75, 3.05) is 26.8 Å². The lowest BCUT2D eigenvalue weighted by molar-refractivity contribution is -0.124. The van der Waals surface area contributed by atoms with E-state index >= 15 is 0 Å². The number of ether oxygens (including phenoxy) is 1. The zero-order valence-corrected chi connectivity index (χ0v) is 10.1. The average molecular weight is 241 g/mol. The Morgan fingerprint density at radius 2 is 2.18 bits per heavy atom. The lowest BCUT2D eigenvalue weighted by Gasteiger charge is -2.25. The fraction of sp³-hybridized carbons (Fsp3) is 0.818. The van der Waals surface area contributed by atoms with Gasteiger partial charge in [0.1, 0.15) is 6.04 Å². The van der Waals surface area contributed by atoms with Gasteiger partial charge in [-0.15, -0.1) is 0 Å². The van der Waals surface area contributed by atoms with Gasteiger partial charge in [0.2, 0.25) is 5.91 Å². The highest BCUT2D eigenvalue weighted by molar-refractivity contribution is 5.87. The summed E-state index contributed by atoms with van der Waals surface area (Å²) in [5.74, 6) is -0.0830. The van der Waals surface area contributed by atoms with Crippen molar-refractivity contribution in [3.8, 4) is 0 Å². The molecular formula is C11H19N3O3. The summed E-state index contributed by atoms with van der Waals surface area (Å²) in [6.07, 6.45) is 2.48. The van der Waals surface area contributed by atoms with Crippen molar-refractivity contribution in [3.63, 3.8) is 0 Å². The van der Waals surface area contributed by atoms with Crippen LogP contribution in [0, 0.1) is 0 Å². The molecule has 0 radical (unpaired) electrons. The molecule has 0 saturated carbocycles. The molecule has 2 saturated heterocycles. The molecule has 0 aliphatic carbocycles. The second-order valence-electron chi connectivity index (χ2n) is 4.48. The maximum atomic E-state index is 12.0. The van der Waals surface area contributed by atoms with E-state index in [-0.39, 0.29) is 24.0 Å². The molecule has 2 fully saturated rings. The van der Waals surface area contributed by atoms with Crippen LogP contribution in [0.4, 0.5) is 4.79 Å². The molecule has 0 aromatic heterocycles. The van der Waals surface area contributed by atoms with Gasteiger partial charge in [-0.25, -0.2) is 4.79 Å². The van der Waals surface area contributed by atoms with E-state index in [1.54, 1.807) is 11.9 Å². The van der Waals surface area contributed by atoms with Crippen molar-refractivity contribution in [2.24, 2.45) is 0 Å². The standard InChI is InChI=1S/C11H19N3O3/c1-12-10(15)9-3-2-5-14(9)11(16)13-8-4-6-17-7-8/h8-9H,2-7H2,1H3,(H,12,15)(H,13,16). The largest absolute Gasteiger partial charge is 0.379 e. The van der Waals surface area contributed by atoms with E-state index in [0.29, 0.717) is 19.8 Å². The Kier molecular flexibility index (Phi) is 3.83. The summed E-state index contributed by atoms with van der Waals surface area (Å²) in [7, 11) is 1.60. The maximum Gasteiger partial charge on any atom is 0.318 e. The summed E-state index contributed by atoms with van der Waals surface area (Å²) in [6, 6.07) is -0.373. The molecule has 2 heterocycles. The number of nitrogens with one attached hydrogen (secondary N) is 2. The number of hydrogen-bond acceptors (Lipinski definition) is 3. The molecule has 2 atom stereocenters. The highest BCUT2D eigenvalue weighted by Crippen LogP contribution is 2.17. The third-order valence-corrected chi connectivity index (χ3v) is 3.32. The third kappa shape index (κ3) is 2.69. The van der Waals surface area contributed by atoms with E-state index in [1.165, 1.54) is 0 Å². The molecule has 17 heavy (non-hydrogen) atoms. The number of carbonyl (C=O) groups is 2. The average Bonchev–Trinajstić information content (AvgIpc) is 2.97. The molecule has 2 unspecified atom stereocenters. The summed E-state index contributed by atoms with van der Waals surface area (Å²) >= 11 is 0. The number of nitrogens with zero attached hydrogens (tertiary/aromatic N) is 1. The fourth-order valence-electron chi connectivity index (χ4n) is 2.35. The zero-order valence-electron chi connectivity index (χ0n) is 10.1. The Balaban J connectivity index is 1.90. The van der Waals surface area contributed by atoms with Gasteiger partial charge >= 0.3 is 6.03 Å². The second kappa shape index (κ2) is 5.35. The summed E-state index contributed by atoms with van der Waals surface area (Å²) in [6.45, 7) is 1.92. The van der Waals surface area contributed by atoms with E-state index in [0.717, 1.165) is 19.3 Å². The minimum absolute atomic E-state index is 0.0830. The minimum atomic E-state index is -0.317. The van der Waals surface area contributed by atoms with Crippen LogP contribution in [0.2, 0.25) is 0 Å². The Hall–Kier alpha value is -1.30. The van der Waals surface area contributed by atoms with Gasteiger partial charge < -0.3 is 20.3 Å². The number of likely N-dealkylation sites (N-methyl/N-ethyl adjacent to an activating group) is 1. The van der Waals surface area contributed by atoms with Gasteiger partial charge in [-0.2, -0.15) is 0 Å². The number of carbonyl (C=O) groups excluding carboxylic acids is 2. The molecule has 0 aromatic rings. The van der Waals surface area contributed by atoms with Crippen LogP contribution in [0.1, 0.15) is 19.3 Å². The number of rotatable bonds is 2. The molecule has 2 aliphatic heterocycles. The SMILES string of the molecule is CNC(=O)C1CCCN1C(=O)NC1CCOC1. The quantitative estimate of drug-likeness (QED) is 0.697. The first kappa shape index (κ1) is 12.2. The van der Waals surface area contributed by atoms with E-state index in [4.69, 9.17) is 4.74 Å². The summed E-state index contributed by atoms with van der Waals surface area (Å²) in [5.41, 5.74) is 0. The number of likely N-dealkylation sites (tertiary alicyclic amines) is 1. The summed E-state index contributed by atoms with van der Waals surface area (Å²) in [5, 5.41) is 5.51. The van der Waals surface area contributed by atoms with Crippen LogP contribution < -0.4 is 10.6 Å². The Bertz CT molecular complexity index is 302. The van der Waals surface area contributed by atoms with Crippen molar-refractivity contribution in [3.05, 3.63) is 0 Å². The first-order valence-corrected chi connectivity index (χ1v) is 6.09. The summed E-state index contributed by atoms with van der Waals surface area (Å²) in [4.78, 5) is 25.2. The van der Waals surface area contributed by atoms with Gasteiger partial charge in [-0.3, -0.25) is 4.79 Å². The lowest BCUT2D eigenvalue weighted by Crippen LogP contribution is -2.51. The molecule has 2 rings (SSSR count). The van der Waals surface area contributed by atoms with Crippen LogP contribution in [0.3, 0.4) is 0 Å². The molecule has 0 bridgehead atoms. The van der Waals surface area contributed by atoms with Crippen LogP contribution in [0.5, 0.6) is 0 Å². The summed E-state index contributed by atoms with van der Waals surface area (Å²) < 4.78 is 5.20. The van der Waals surface area contributed by atoms with Crippen molar-refractivity contribution >= 4 is 11.9 Å². The van der Waals surface area contributed by atoms with Gasteiger partial charge in [0.15, 0.2) is 0 Å². The van der Waals surface area contributed by atoms with E-state index < -0.39 is 0 Å². The van der Waals surface area contributed by atoms with Crippen LogP contribution in [-0.4, -0.2) is 55.7 Å². The Labute approximate surface area is 101 Å². The predicted octanol–water partition coefficient (Wildman–Crippen LogP) is -0.305. The van der Waals surface area contributed by atoms with Crippen LogP contribution in [0.25, 0.3) is 0 Å². The first-order valence-electron chi connectivity index (χ1n) is 6.09. The number of hydrogen-bond donors (Lipinski definition) is 2. The molecule has 0 spiro atoms. The molecular weight excluding hydrogens is 222 g/mol. The smallest absolute Gasteiger partial charge is 0.318 e. The second-order valence-corrected chi connectivity index (χ2v) is 4.48. The lowest BCUT2D eigenvalue weighted by atomic mass is 10.2.